The number of hydrogen-bond donors (Lipinski definition) is 0. The molecule has 0 bridgehead atoms. The maximum Gasteiger partial charge on any atom is 0.337 e. The van der Waals surface area contributed by atoms with Crippen LogP contribution in [0.3, 0.4) is 0 Å². The largest absolute Gasteiger partial charge is 0.394 e. The lowest BCUT2D eigenvalue weighted by Gasteiger charge is -2.34. The lowest BCUT2D eigenvalue weighted by Crippen LogP contribution is -2.45. The van der Waals surface area contributed by atoms with Crippen molar-refractivity contribution in [2.24, 2.45) is 5.92 Å². The van der Waals surface area contributed by atoms with Gasteiger partial charge < -0.3 is 8.85 Å². The quantitative estimate of drug-likeness (QED) is 0.563. The van der Waals surface area contributed by atoms with Crippen molar-refractivity contribution in [3.05, 3.63) is 0 Å². The maximum absolute atomic E-state index is 6.31. The lowest BCUT2D eigenvalue weighted by atomic mass is 10.0. The molecule has 16 heavy (non-hydrogen) atoms. The van der Waals surface area contributed by atoms with E-state index >= 15 is 0 Å². The maximum atomic E-state index is 6.31. The Morgan fingerprint density at radius 2 is 1.56 bits per heavy atom. The van der Waals surface area contributed by atoms with E-state index in [4.69, 9.17) is 8.85 Å². The van der Waals surface area contributed by atoms with E-state index < -0.39 is 8.56 Å². The van der Waals surface area contributed by atoms with E-state index in [2.05, 4.69) is 41.5 Å². The topological polar surface area (TPSA) is 18.5 Å². The van der Waals surface area contributed by atoms with Crippen LogP contribution in [0.2, 0.25) is 12.1 Å². The van der Waals surface area contributed by atoms with E-state index in [1.54, 1.807) is 0 Å². The van der Waals surface area contributed by atoms with Crippen LogP contribution in [-0.4, -0.2) is 21.3 Å². The smallest absolute Gasteiger partial charge is 0.337 e. The molecule has 0 aliphatic carbocycles. The highest BCUT2D eigenvalue weighted by Crippen LogP contribution is 2.24. The predicted molar refractivity (Wildman–Crippen MR) is 73.0 cm³/mol. The van der Waals surface area contributed by atoms with Gasteiger partial charge in [0.05, 0.1) is 0 Å². The minimum Gasteiger partial charge on any atom is -0.394 e. The van der Waals surface area contributed by atoms with Crippen molar-refractivity contribution in [1.29, 1.82) is 0 Å². The number of rotatable bonds is 9. The fourth-order valence-electron chi connectivity index (χ4n) is 1.73. The van der Waals surface area contributed by atoms with Gasteiger partial charge in [-0.05, 0) is 31.4 Å². The summed E-state index contributed by atoms with van der Waals surface area (Å²) in [6.45, 7) is 14.1. The minimum absolute atomic E-state index is 0.327. The third kappa shape index (κ3) is 4.98. The van der Waals surface area contributed by atoms with E-state index in [0.717, 1.165) is 25.1 Å². The Morgan fingerprint density at radius 3 is 1.94 bits per heavy atom. The van der Waals surface area contributed by atoms with Crippen molar-refractivity contribution in [2.45, 2.75) is 72.6 Å². The molecule has 0 aromatic heterocycles. The van der Waals surface area contributed by atoms with Gasteiger partial charge in [-0.25, -0.2) is 0 Å². The van der Waals surface area contributed by atoms with Gasteiger partial charge in [-0.15, -0.1) is 0 Å². The molecule has 0 aliphatic heterocycles. The summed E-state index contributed by atoms with van der Waals surface area (Å²) in [4.78, 5) is 0. The molecule has 0 heterocycles. The molecule has 0 saturated heterocycles. The molecule has 0 saturated carbocycles. The molecule has 2 atom stereocenters. The molecule has 2 unspecified atom stereocenters. The van der Waals surface area contributed by atoms with Gasteiger partial charge in [-0.3, -0.25) is 0 Å². The standard InChI is InChI=1S/C13H30O2Si/c1-7-11-14-16(9-3,10-4)15-13(6)12(5)8-2/h12-13H,7-11H2,1-6H3. The molecular weight excluding hydrogens is 216 g/mol. The van der Waals surface area contributed by atoms with E-state index in [9.17, 15) is 0 Å². The third-order valence-electron chi connectivity index (χ3n) is 3.49. The Morgan fingerprint density at radius 1 is 1.00 bits per heavy atom. The van der Waals surface area contributed by atoms with Crippen LogP contribution in [-0.2, 0) is 8.85 Å². The molecule has 0 aliphatic rings. The summed E-state index contributed by atoms with van der Waals surface area (Å²) in [5.74, 6) is 0.621. The van der Waals surface area contributed by atoms with Crippen molar-refractivity contribution in [1.82, 2.24) is 0 Å². The second-order valence-electron chi connectivity index (χ2n) is 4.67. The average molecular weight is 246 g/mol. The zero-order valence-electron chi connectivity index (χ0n) is 12.0. The summed E-state index contributed by atoms with van der Waals surface area (Å²) < 4.78 is 12.4. The van der Waals surface area contributed by atoms with E-state index in [1.165, 1.54) is 6.42 Å². The van der Waals surface area contributed by atoms with Gasteiger partial charge >= 0.3 is 8.56 Å². The van der Waals surface area contributed by atoms with Gasteiger partial charge in [-0.1, -0.05) is 41.0 Å². The van der Waals surface area contributed by atoms with Crippen molar-refractivity contribution >= 4 is 8.56 Å². The number of hydrogen-bond acceptors (Lipinski definition) is 2. The van der Waals surface area contributed by atoms with Gasteiger partial charge in [0.15, 0.2) is 0 Å². The Kier molecular flexibility index (Phi) is 8.33. The summed E-state index contributed by atoms with van der Waals surface area (Å²) in [7, 11) is -1.91. The molecule has 3 heteroatoms. The van der Waals surface area contributed by atoms with E-state index in [0.29, 0.717) is 12.0 Å². The Labute approximate surface area is 103 Å². The summed E-state index contributed by atoms with van der Waals surface area (Å²) >= 11 is 0. The summed E-state index contributed by atoms with van der Waals surface area (Å²) in [5.41, 5.74) is 0. The van der Waals surface area contributed by atoms with Gasteiger partial charge in [0, 0.05) is 12.7 Å². The summed E-state index contributed by atoms with van der Waals surface area (Å²) in [6.07, 6.45) is 2.58. The first kappa shape index (κ1) is 16.1. The van der Waals surface area contributed by atoms with Crippen LogP contribution in [0.15, 0.2) is 0 Å². The first-order valence-corrected chi connectivity index (χ1v) is 9.10. The van der Waals surface area contributed by atoms with Crippen LogP contribution in [0.25, 0.3) is 0 Å². The van der Waals surface area contributed by atoms with Crippen LogP contribution in [0.5, 0.6) is 0 Å². The fraction of sp³-hybridized carbons (Fsp3) is 1.00. The Bertz CT molecular complexity index is 169. The summed E-state index contributed by atoms with van der Waals surface area (Å²) in [5, 5.41) is 0. The highest BCUT2D eigenvalue weighted by atomic mass is 28.4. The second-order valence-corrected chi connectivity index (χ2v) is 8.43. The van der Waals surface area contributed by atoms with Crippen molar-refractivity contribution in [2.75, 3.05) is 6.61 Å². The molecular formula is C13H30O2Si. The lowest BCUT2D eigenvalue weighted by molar-refractivity contribution is 0.0880. The molecule has 0 amide bonds. The van der Waals surface area contributed by atoms with Gasteiger partial charge in [0.25, 0.3) is 0 Å². The fourth-order valence-corrected chi connectivity index (χ4v) is 4.53. The zero-order chi connectivity index (χ0) is 12.6. The van der Waals surface area contributed by atoms with Crippen molar-refractivity contribution in [3.8, 4) is 0 Å². The first-order valence-electron chi connectivity index (χ1n) is 6.86. The van der Waals surface area contributed by atoms with Gasteiger partial charge in [0.2, 0.25) is 0 Å². The molecule has 2 nitrogen and oxygen atoms in total. The average Bonchev–Trinajstić information content (AvgIpc) is 2.33. The molecule has 0 aromatic rings. The molecule has 0 fully saturated rings. The first-order chi connectivity index (χ1) is 7.55. The Hall–Kier alpha value is 0.137. The normalized spacial score (nSPS) is 16.1. The van der Waals surface area contributed by atoms with Crippen molar-refractivity contribution in [3.63, 3.8) is 0 Å². The molecule has 0 N–H and O–H groups in total. The van der Waals surface area contributed by atoms with Crippen LogP contribution >= 0.6 is 0 Å². The zero-order valence-corrected chi connectivity index (χ0v) is 13.0. The molecule has 0 radical (unpaired) electrons. The van der Waals surface area contributed by atoms with E-state index in [1.807, 2.05) is 0 Å². The van der Waals surface area contributed by atoms with E-state index in [-0.39, 0.29) is 0 Å². The second kappa shape index (κ2) is 8.26. The van der Waals surface area contributed by atoms with Crippen LogP contribution < -0.4 is 0 Å². The SMILES string of the molecule is CCCO[Si](CC)(CC)OC(C)C(C)CC. The van der Waals surface area contributed by atoms with Crippen LogP contribution in [0, 0.1) is 5.92 Å². The molecule has 0 aromatic carbocycles. The minimum atomic E-state index is -1.91. The molecule has 0 spiro atoms. The monoisotopic (exact) mass is 246 g/mol. The van der Waals surface area contributed by atoms with Crippen molar-refractivity contribution < 1.29 is 8.85 Å². The Balaban J connectivity index is 4.40. The predicted octanol–water partition coefficient (Wildman–Crippen LogP) is 4.35. The summed E-state index contributed by atoms with van der Waals surface area (Å²) in [6, 6.07) is 2.12. The van der Waals surface area contributed by atoms with Crippen LogP contribution in [0.1, 0.15) is 54.4 Å². The van der Waals surface area contributed by atoms with Gasteiger partial charge in [-0.2, -0.15) is 0 Å². The molecule has 98 valence electrons. The van der Waals surface area contributed by atoms with Gasteiger partial charge in [0.1, 0.15) is 0 Å². The molecule has 0 rings (SSSR count). The van der Waals surface area contributed by atoms with Crippen LogP contribution in [0.4, 0.5) is 0 Å². The highest BCUT2D eigenvalue weighted by Gasteiger charge is 2.36. The third-order valence-corrected chi connectivity index (χ3v) is 7.18. The highest BCUT2D eigenvalue weighted by molar-refractivity contribution is 6.67.